The standard InChI is InChI=1S/C44H51N5/c1-6-9-17-35(8-3)40(26-29-45)34(5)48-38-23-20-36(21-24-38)44(27-14-11-12-15-28-44)37-22-25-43(47-31-37)49-41(19-10-7-2)33(4)39-18-13-16-30-46-32-42(39)49/h6-10,13,17-26,29-31,48H,1-2,11-12,14-16,27-28,32,45H2,3-5H3/b17-9-,18-13-,19-10-,29-26-,35-8+,40-34-,46-30?. The van der Waals surface area contributed by atoms with Crippen LogP contribution in [0, 0.1) is 6.92 Å². The molecule has 5 nitrogen and oxygen atoms in total. The van der Waals surface area contributed by atoms with E-state index in [-0.39, 0.29) is 5.41 Å². The summed E-state index contributed by atoms with van der Waals surface area (Å²) in [6, 6.07) is 13.6. The van der Waals surface area contributed by atoms with Crippen molar-refractivity contribution in [2.45, 2.75) is 77.7 Å². The number of fused-ring (bicyclic) bond motifs is 1. The van der Waals surface area contributed by atoms with E-state index in [0.717, 1.165) is 59.0 Å². The molecule has 0 atom stereocenters. The van der Waals surface area contributed by atoms with Gasteiger partial charge < -0.3 is 11.1 Å². The maximum Gasteiger partial charge on any atom is 0.137 e. The number of nitrogens with zero attached hydrogens (tertiary/aromatic N) is 3. The Morgan fingerprint density at radius 1 is 0.959 bits per heavy atom. The second-order valence-corrected chi connectivity index (χ2v) is 12.8. The van der Waals surface area contributed by atoms with E-state index in [1.165, 1.54) is 47.9 Å². The van der Waals surface area contributed by atoms with E-state index >= 15 is 0 Å². The summed E-state index contributed by atoms with van der Waals surface area (Å²) in [7, 11) is 0. The lowest BCUT2D eigenvalue weighted by atomic mass is 9.70. The van der Waals surface area contributed by atoms with E-state index in [9.17, 15) is 0 Å². The first kappa shape index (κ1) is 35.2. The first-order valence-electron chi connectivity index (χ1n) is 17.5. The van der Waals surface area contributed by atoms with Gasteiger partial charge in [-0.3, -0.25) is 9.56 Å². The van der Waals surface area contributed by atoms with Crippen molar-refractivity contribution in [1.29, 1.82) is 0 Å². The third kappa shape index (κ3) is 7.78. The van der Waals surface area contributed by atoms with Gasteiger partial charge >= 0.3 is 0 Å². The summed E-state index contributed by atoms with van der Waals surface area (Å²) >= 11 is 0. The Bertz CT molecular complexity index is 1830. The first-order chi connectivity index (χ1) is 24.0. The Labute approximate surface area is 293 Å². The predicted octanol–water partition coefficient (Wildman–Crippen LogP) is 10.9. The van der Waals surface area contributed by atoms with Crippen LogP contribution in [0.4, 0.5) is 5.69 Å². The average Bonchev–Trinajstić information content (AvgIpc) is 3.24. The first-order valence-corrected chi connectivity index (χ1v) is 17.5. The van der Waals surface area contributed by atoms with Crippen molar-refractivity contribution in [3.8, 4) is 5.82 Å². The molecule has 2 aromatic heterocycles. The van der Waals surface area contributed by atoms with Crippen LogP contribution < -0.4 is 11.1 Å². The highest BCUT2D eigenvalue weighted by Crippen LogP contribution is 2.44. The molecule has 252 valence electrons. The molecule has 2 aliphatic rings. The molecule has 0 spiro atoms. The van der Waals surface area contributed by atoms with Gasteiger partial charge in [0.25, 0.3) is 0 Å². The number of anilines is 1. The molecular weight excluding hydrogens is 599 g/mol. The van der Waals surface area contributed by atoms with Crippen LogP contribution in [-0.4, -0.2) is 15.8 Å². The highest BCUT2D eigenvalue weighted by atomic mass is 15.1. The van der Waals surface area contributed by atoms with E-state index in [4.69, 9.17) is 15.7 Å². The van der Waals surface area contributed by atoms with Crippen LogP contribution in [0.25, 0.3) is 18.0 Å². The Kier molecular flexibility index (Phi) is 12.0. The van der Waals surface area contributed by atoms with Crippen LogP contribution in [0.5, 0.6) is 0 Å². The van der Waals surface area contributed by atoms with Crippen molar-refractivity contribution >= 4 is 24.1 Å². The minimum absolute atomic E-state index is 0.0907. The van der Waals surface area contributed by atoms with Crippen molar-refractivity contribution in [3.63, 3.8) is 0 Å². The quantitative estimate of drug-likeness (QED) is 0.160. The summed E-state index contributed by atoms with van der Waals surface area (Å²) in [5.74, 6) is 0.914. The van der Waals surface area contributed by atoms with Crippen molar-refractivity contribution in [2.75, 3.05) is 5.32 Å². The lowest BCUT2D eigenvalue weighted by Gasteiger charge is -2.34. The van der Waals surface area contributed by atoms with Crippen LogP contribution >= 0.6 is 0 Å². The highest BCUT2D eigenvalue weighted by molar-refractivity contribution is 5.71. The van der Waals surface area contributed by atoms with Gasteiger partial charge in [0.1, 0.15) is 5.82 Å². The zero-order valence-corrected chi connectivity index (χ0v) is 29.5. The van der Waals surface area contributed by atoms with Crippen molar-refractivity contribution < 1.29 is 0 Å². The predicted molar refractivity (Wildman–Crippen MR) is 211 cm³/mol. The lowest BCUT2D eigenvalue weighted by molar-refractivity contribution is 0.444. The minimum atomic E-state index is -0.0907. The largest absolute Gasteiger partial charge is 0.405 e. The Hall–Kier alpha value is -5.16. The number of allylic oxidation sites excluding steroid dienone is 11. The molecule has 1 aromatic carbocycles. The smallest absolute Gasteiger partial charge is 0.137 e. The number of nitrogens with two attached hydrogens (primary N) is 1. The SMILES string of the molecule is C=C\C=C/C(=C\C)C(/C=C\N)=C(/C)Nc1ccc(C2(c3ccc(-n4c(/C=C\C=C)c(C)c5c4CN=CC/C=C\5)nc3)CCCCCC2)cc1. The summed E-state index contributed by atoms with van der Waals surface area (Å²) in [6.07, 6.45) is 33.9. The van der Waals surface area contributed by atoms with Gasteiger partial charge in [0.2, 0.25) is 0 Å². The average molecular weight is 650 g/mol. The topological polar surface area (TPSA) is 68.2 Å². The van der Waals surface area contributed by atoms with Gasteiger partial charge in [-0.1, -0.05) is 106 Å². The number of nitrogens with one attached hydrogen (secondary N) is 1. The Morgan fingerprint density at radius 3 is 2.35 bits per heavy atom. The van der Waals surface area contributed by atoms with Crippen molar-refractivity contribution in [2.24, 2.45) is 10.7 Å². The Balaban J connectivity index is 1.52. The molecule has 1 aliphatic carbocycles. The molecule has 3 heterocycles. The molecule has 1 aliphatic heterocycles. The van der Waals surface area contributed by atoms with Crippen molar-refractivity contribution in [1.82, 2.24) is 9.55 Å². The summed E-state index contributed by atoms with van der Waals surface area (Å²) in [6.45, 7) is 14.7. The van der Waals surface area contributed by atoms with Gasteiger partial charge in [-0.25, -0.2) is 4.98 Å². The molecule has 0 radical (unpaired) electrons. The summed E-state index contributed by atoms with van der Waals surface area (Å²) in [4.78, 5) is 9.90. The fourth-order valence-electron chi connectivity index (χ4n) is 7.34. The second-order valence-electron chi connectivity index (χ2n) is 12.8. The zero-order chi connectivity index (χ0) is 34.6. The van der Waals surface area contributed by atoms with Crippen LogP contribution in [0.2, 0.25) is 0 Å². The second kappa shape index (κ2) is 16.8. The number of hydrogen-bond donors (Lipinski definition) is 2. The van der Waals surface area contributed by atoms with Gasteiger partial charge in [-0.15, -0.1) is 0 Å². The lowest BCUT2D eigenvalue weighted by Crippen LogP contribution is -2.27. The van der Waals surface area contributed by atoms with Gasteiger partial charge in [0.05, 0.1) is 17.9 Å². The number of pyridine rings is 1. The molecule has 1 fully saturated rings. The third-order valence-corrected chi connectivity index (χ3v) is 9.85. The van der Waals surface area contributed by atoms with Crippen LogP contribution in [0.1, 0.15) is 92.4 Å². The Morgan fingerprint density at radius 2 is 1.69 bits per heavy atom. The van der Waals surface area contributed by atoms with E-state index in [0.29, 0.717) is 6.54 Å². The van der Waals surface area contributed by atoms with E-state index < -0.39 is 0 Å². The van der Waals surface area contributed by atoms with Gasteiger partial charge in [0, 0.05) is 46.8 Å². The van der Waals surface area contributed by atoms with Crippen LogP contribution in [0.3, 0.4) is 0 Å². The van der Waals surface area contributed by atoms with E-state index in [2.05, 4.69) is 104 Å². The number of rotatable bonds is 11. The normalized spacial score (nSPS) is 17.7. The molecule has 0 saturated heterocycles. The maximum atomic E-state index is 5.84. The number of hydrogen-bond acceptors (Lipinski definition) is 4. The molecule has 1 saturated carbocycles. The maximum absolute atomic E-state index is 5.84. The minimum Gasteiger partial charge on any atom is -0.405 e. The molecule has 0 amide bonds. The zero-order valence-electron chi connectivity index (χ0n) is 29.5. The fourth-order valence-corrected chi connectivity index (χ4v) is 7.34. The molecule has 3 N–H and O–H groups in total. The number of aromatic nitrogens is 2. The molecule has 0 unspecified atom stereocenters. The van der Waals surface area contributed by atoms with Gasteiger partial charge in [-0.05, 0) is 92.4 Å². The monoisotopic (exact) mass is 649 g/mol. The van der Waals surface area contributed by atoms with Crippen LogP contribution in [0.15, 0.2) is 132 Å². The van der Waals surface area contributed by atoms with Gasteiger partial charge in [-0.2, -0.15) is 0 Å². The molecule has 3 aromatic rings. The van der Waals surface area contributed by atoms with Crippen molar-refractivity contribution in [3.05, 3.63) is 161 Å². The molecule has 5 heteroatoms. The number of benzene rings is 1. The summed E-state index contributed by atoms with van der Waals surface area (Å²) < 4.78 is 2.28. The molecule has 0 bridgehead atoms. The number of aliphatic imine (C=N–C) groups is 1. The van der Waals surface area contributed by atoms with Crippen LogP contribution in [-0.2, 0) is 12.0 Å². The molecule has 5 rings (SSSR count). The summed E-state index contributed by atoms with van der Waals surface area (Å²) in [5.41, 5.74) is 17.3. The molecule has 49 heavy (non-hydrogen) atoms. The van der Waals surface area contributed by atoms with E-state index in [1.54, 1.807) is 12.3 Å². The summed E-state index contributed by atoms with van der Waals surface area (Å²) in [5, 5.41) is 3.62. The molecular formula is C44H51N5. The van der Waals surface area contributed by atoms with E-state index in [1.807, 2.05) is 43.5 Å². The third-order valence-electron chi connectivity index (χ3n) is 9.85. The fraction of sp³-hybridized carbons (Fsp3) is 0.273. The highest BCUT2D eigenvalue weighted by Gasteiger charge is 2.35. The van der Waals surface area contributed by atoms with Gasteiger partial charge in [0.15, 0.2) is 0 Å².